The lowest BCUT2D eigenvalue weighted by atomic mass is 9.97. The van der Waals surface area contributed by atoms with Gasteiger partial charge in [-0.3, -0.25) is 0 Å². The molecule has 1 aromatic carbocycles. The molecule has 104 valence electrons. The van der Waals surface area contributed by atoms with Crippen molar-refractivity contribution < 1.29 is 13.9 Å². The monoisotopic (exact) mass is 265 g/mol. The van der Waals surface area contributed by atoms with Crippen LogP contribution in [0.2, 0.25) is 0 Å². The molecule has 0 radical (unpaired) electrons. The third-order valence-corrected chi connectivity index (χ3v) is 4.02. The van der Waals surface area contributed by atoms with E-state index in [4.69, 9.17) is 9.47 Å². The number of hydrogen-bond donors (Lipinski definition) is 1. The summed E-state index contributed by atoms with van der Waals surface area (Å²) >= 11 is 0. The van der Waals surface area contributed by atoms with Crippen molar-refractivity contribution in [1.29, 1.82) is 0 Å². The molecule has 4 heteroatoms. The number of piperidine rings is 1. The van der Waals surface area contributed by atoms with Gasteiger partial charge < -0.3 is 14.8 Å². The van der Waals surface area contributed by atoms with Crippen molar-refractivity contribution >= 4 is 0 Å². The largest absolute Gasteiger partial charge is 0.487 e. The summed E-state index contributed by atoms with van der Waals surface area (Å²) in [5.74, 6) is 1.18. The van der Waals surface area contributed by atoms with Gasteiger partial charge in [0.25, 0.3) is 0 Å². The number of hydrogen-bond acceptors (Lipinski definition) is 3. The van der Waals surface area contributed by atoms with Gasteiger partial charge in [0.15, 0.2) is 0 Å². The van der Waals surface area contributed by atoms with Crippen molar-refractivity contribution in [3.63, 3.8) is 0 Å². The molecule has 0 saturated carbocycles. The number of halogens is 1. The molecule has 0 aromatic heterocycles. The second-order valence-electron chi connectivity index (χ2n) is 5.54. The first-order chi connectivity index (χ1) is 9.22. The Morgan fingerprint density at radius 2 is 2.37 bits per heavy atom. The Hall–Kier alpha value is -1.13. The zero-order valence-corrected chi connectivity index (χ0v) is 11.2. The minimum Gasteiger partial charge on any atom is -0.487 e. The van der Waals surface area contributed by atoms with Crippen molar-refractivity contribution in [2.24, 2.45) is 5.92 Å². The summed E-state index contributed by atoms with van der Waals surface area (Å²) in [5.41, 5.74) is 0.948. The van der Waals surface area contributed by atoms with Crippen molar-refractivity contribution in [2.45, 2.75) is 32.0 Å². The van der Waals surface area contributed by atoms with Crippen LogP contribution >= 0.6 is 0 Å². The molecule has 3 nitrogen and oxygen atoms in total. The van der Waals surface area contributed by atoms with E-state index in [2.05, 4.69) is 12.2 Å². The maximum atomic E-state index is 13.1. The van der Waals surface area contributed by atoms with Crippen molar-refractivity contribution in [2.75, 3.05) is 19.7 Å². The summed E-state index contributed by atoms with van der Waals surface area (Å²) < 4.78 is 24.9. The standard InChI is InChI=1S/C15H20FNO2/c1-10-4-5-17-8-15(10)18-9-13-7-11-6-12(16)2-3-14(11)19-13/h2-3,6,10,13,15,17H,4-5,7-9H2,1H3. The van der Waals surface area contributed by atoms with E-state index in [0.29, 0.717) is 12.5 Å². The van der Waals surface area contributed by atoms with Crippen LogP contribution in [0.4, 0.5) is 4.39 Å². The molecule has 1 aromatic rings. The van der Waals surface area contributed by atoms with Crippen LogP contribution in [0.25, 0.3) is 0 Å². The molecule has 19 heavy (non-hydrogen) atoms. The zero-order valence-electron chi connectivity index (χ0n) is 11.2. The highest BCUT2D eigenvalue weighted by atomic mass is 19.1. The molecule has 0 bridgehead atoms. The molecule has 2 heterocycles. The fourth-order valence-corrected chi connectivity index (χ4v) is 2.80. The molecule has 3 atom stereocenters. The van der Waals surface area contributed by atoms with Crippen LogP contribution in [0.15, 0.2) is 18.2 Å². The highest BCUT2D eigenvalue weighted by Crippen LogP contribution is 2.29. The third-order valence-electron chi connectivity index (χ3n) is 4.02. The summed E-state index contributed by atoms with van der Waals surface area (Å²) in [4.78, 5) is 0. The highest BCUT2D eigenvalue weighted by molar-refractivity contribution is 5.37. The quantitative estimate of drug-likeness (QED) is 0.908. The van der Waals surface area contributed by atoms with Gasteiger partial charge in [-0.1, -0.05) is 6.92 Å². The maximum absolute atomic E-state index is 13.1. The van der Waals surface area contributed by atoms with E-state index in [1.165, 1.54) is 6.07 Å². The van der Waals surface area contributed by atoms with Gasteiger partial charge in [0.05, 0.1) is 12.7 Å². The second-order valence-corrected chi connectivity index (χ2v) is 5.54. The fraction of sp³-hybridized carbons (Fsp3) is 0.600. The summed E-state index contributed by atoms with van der Waals surface area (Å²) in [6, 6.07) is 4.70. The number of fused-ring (bicyclic) bond motifs is 1. The van der Waals surface area contributed by atoms with Crippen molar-refractivity contribution in [3.05, 3.63) is 29.6 Å². The number of nitrogens with one attached hydrogen (secondary N) is 1. The van der Waals surface area contributed by atoms with E-state index in [1.54, 1.807) is 12.1 Å². The summed E-state index contributed by atoms with van der Waals surface area (Å²) in [6.07, 6.45) is 2.17. The Morgan fingerprint density at radius 3 is 3.21 bits per heavy atom. The van der Waals surface area contributed by atoms with Crippen LogP contribution < -0.4 is 10.1 Å². The van der Waals surface area contributed by atoms with Crippen LogP contribution in [0.5, 0.6) is 5.75 Å². The Kier molecular flexibility index (Phi) is 3.71. The summed E-state index contributed by atoms with van der Waals surface area (Å²) in [7, 11) is 0. The van der Waals surface area contributed by atoms with Crippen molar-refractivity contribution in [3.8, 4) is 5.75 Å². The summed E-state index contributed by atoms with van der Waals surface area (Å²) in [5, 5.41) is 3.35. The minimum absolute atomic E-state index is 0.0194. The molecule has 3 rings (SSSR count). The zero-order chi connectivity index (χ0) is 13.2. The van der Waals surface area contributed by atoms with E-state index in [-0.39, 0.29) is 18.0 Å². The predicted octanol–water partition coefficient (Wildman–Crippen LogP) is 2.14. The lowest BCUT2D eigenvalue weighted by Gasteiger charge is -2.30. The molecule has 1 N–H and O–H groups in total. The first-order valence-electron chi connectivity index (χ1n) is 7.00. The average Bonchev–Trinajstić information content (AvgIpc) is 2.79. The SMILES string of the molecule is CC1CCNCC1OCC1Cc2cc(F)ccc2O1. The van der Waals surface area contributed by atoms with Gasteiger partial charge >= 0.3 is 0 Å². The van der Waals surface area contributed by atoms with E-state index in [9.17, 15) is 4.39 Å². The van der Waals surface area contributed by atoms with Crippen LogP contribution in [-0.4, -0.2) is 31.9 Å². The topological polar surface area (TPSA) is 30.5 Å². The van der Waals surface area contributed by atoms with Crippen molar-refractivity contribution in [1.82, 2.24) is 5.32 Å². The number of ether oxygens (including phenoxy) is 2. The van der Waals surface area contributed by atoms with Crippen LogP contribution in [-0.2, 0) is 11.2 Å². The summed E-state index contributed by atoms with van der Waals surface area (Å²) in [6.45, 7) is 4.79. The van der Waals surface area contributed by atoms with Gasteiger partial charge in [0.1, 0.15) is 17.7 Å². The second kappa shape index (κ2) is 5.47. The van der Waals surface area contributed by atoms with E-state index < -0.39 is 0 Å². The molecule has 0 amide bonds. The Balaban J connectivity index is 1.53. The molecule has 1 fully saturated rings. The van der Waals surface area contributed by atoms with Crippen LogP contribution in [0, 0.1) is 11.7 Å². The Labute approximate surface area is 113 Å². The Bertz CT molecular complexity index is 452. The third kappa shape index (κ3) is 2.90. The molecule has 2 aliphatic rings. The number of rotatable bonds is 3. The van der Waals surface area contributed by atoms with E-state index in [0.717, 1.165) is 37.2 Å². The minimum atomic E-state index is -0.200. The van der Waals surface area contributed by atoms with Crippen LogP contribution in [0.3, 0.4) is 0 Å². The van der Waals surface area contributed by atoms with Gasteiger partial charge in [-0.15, -0.1) is 0 Å². The normalized spacial score (nSPS) is 29.9. The molecular weight excluding hydrogens is 245 g/mol. The maximum Gasteiger partial charge on any atom is 0.126 e. The number of benzene rings is 1. The first kappa shape index (κ1) is 12.9. The predicted molar refractivity (Wildman–Crippen MR) is 70.9 cm³/mol. The molecule has 0 spiro atoms. The van der Waals surface area contributed by atoms with E-state index >= 15 is 0 Å². The van der Waals surface area contributed by atoms with E-state index in [1.807, 2.05) is 0 Å². The van der Waals surface area contributed by atoms with Gasteiger partial charge in [0, 0.05) is 18.5 Å². The molecular formula is C15H20FNO2. The molecule has 3 unspecified atom stereocenters. The van der Waals surface area contributed by atoms with Gasteiger partial charge in [0.2, 0.25) is 0 Å². The van der Waals surface area contributed by atoms with Gasteiger partial charge in [-0.2, -0.15) is 0 Å². The van der Waals surface area contributed by atoms with Gasteiger partial charge in [-0.05, 0) is 37.1 Å². The first-order valence-corrected chi connectivity index (χ1v) is 7.00. The lowest BCUT2D eigenvalue weighted by molar-refractivity contribution is -0.0279. The fourth-order valence-electron chi connectivity index (χ4n) is 2.80. The van der Waals surface area contributed by atoms with Crippen LogP contribution in [0.1, 0.15) is 18.9 Å². The van der Waals surface area contributed by atoms with Gasteiger partial charge in [-0.25, -0.2) is 4.39 Å². The molecule has 1 saturated heterocycles. The molecule has 2 aliphatic heterocycles. The highest BCUT2D eigenvalue weighted by Gasteiger charge is 2.27. The smallest absolute Gasteiger partial charge is 0.126 e. The Morgan fingerprint density at radius 1 is 1.47 bits per heavy atom. The average molecular weight is 265 g/mol. The molecule has 0 aliphatic carbocycles. The lowest BCUT2D eigenvalue weighted by Crippen LogP contribution is -2.42.